The van der Waals surface area contributed by atoms with Crippen LogP contribution < -0.4 is 9.62 Å². The molecule has 0 saturated carbocycles. The Morgan fingerprint density at radius 1 is 1.09 bits per heavy atom. The van der Waals surface area contributed by atoms with Crippen LogP contribution >= 0.6 is 0 Å². The number of hydrogen-bond acceptors (Lipinski definition) is 5. The van der Waals surface area contributed by atoms with Gasteiger partial charge < -0.3 is 9.64 Å². The van der Waals surface area contributed by atoms with E-state index in [1.807, 2.05) is 30.3 Å². The Balaban J connectivity index is 1.67. The third kappa shape index (κ3) is 4.07. The standard InChI is InChI=1S/C16H19N3O3S/c20-23(21,18-12-14-4-2-1-3-5-14)15-6-7-16(17-13-15)19-8-10-22-11-9-19/h1-7,13,18H,8-12H2. The molecule has 7 heteroatoms. The molecule has 0 spiro atoms. The summed E-state index contributed by atoms with van der Waals surface area (Å²) in [5.41, 5.74) is 0.911. The van der Waals surface area contributed by atoms with Crippen LogP contribution in [-0.2, 0) is 21.3 Å². The molecule has 2 aromatic rings. The third-order valence-corrected chi connectivity index (χ3v) is 5.06. The number of ether oxygens (including phenoxy) is 1. The molecule has 0 atom stereocenters. The number of hydrogen-bond donors (Lipinski definition) is 1. The number of morpholine rings is 1. The Hall–Kier alpha value is -1.96. The lowest BCUT2D eigenvalue weighted by Gasteiger charge is -2.27. The van der Waals surface area contributed by atoms with Crippen molar-refractivity contribution in [3.8, 4) is 0 Å². The van der Waals surface area contributed by atoms with Crippen molar-refractivity contribution in [3.63, 3.8) is 0 Å². The zero-order valence-electron chi connectivity index (χ0n) is 12.7. The molecule has 1 aliphatic heterocycles. The SMILES string of the molecule is O=S(=O)(NCc1ccccc1)c1ccc(N2CCOCC2)nc1. The van der Waals surface area contributed by atoms with Crippen LogP contribution in [0.3, 0.4) is 0 Å². The van der Waals surface area contributed by atoms with Gasteiger partial charge in [0.05, 0.1) is 13.2 Å². The predicted octanol–water partition coefficient (Wildman–Crippen LogP) is 1.40. The van der Waals surface area contributed by atoms with Gasteiger partial charge in [0.1, 0.15) is 10.7 Å². The minimum absolute atomic E-state index is 0.172. The van der Waals surface area contributed by atoms with Gasteiger partial charge in [0.2, 0.25) is 10.0 Å². The molecule has 3 rings (SSSR count). The summed E-state index contributed by atoms with van der Waals surface area (Å²) < 4.78 is 32.5. The Kier molecular flexibility index (Phi) is 4.90. The number of sulfonamides is 1. The van der Waals surface area contributed by atoms with Crippen molar-refractivity contribution in [2.75, 3.05) is 31.2 Å². The van der Waals surface area contributed by atoms with Gasteiger partial charge in [-0.1, -0.05) is 30.3 Å². The average molecular weight is 333 g/mol. The van der Waals surface area contributed by atoms with Gasteiger partial charge in [0.15, 0.2) is 0 Å². The lowest BCUT2D eigenvalue weighted by molar-refractivity contribution is 0.122. The van der Waals surface area contributed by atoms with Crippen molar-refractivity contribution in [1.82, 2.24) is 9.71 Å². The summed E-state index contributed by atoms with van der Waals surface area (Å²) in [5, 5.41) is 0. The molecule has 23 heavy (non-hydrogen) atoms. The second kappa shape index (κ2) is 7.08. The van der Waals surface area contributed by atoms with Crippen LogP contribution in [0.15, 0.2) is 53.6 Å². The smallest absolute Gasteiger partial charge is 0.242 e. The van der Waals surface area contributed by atoms with Crippen molar-refractivity contribution >= 4 is 15.8 Å². The Morgan fingerprint density at radius 3 is 2.48 bits per heavy atom. The van der Waals surface area contributed by atoms with Gasteiger partial charge in [-0.2, -0.15) is 0 Å². The summed E-state index contributed by atoms with van der Waals surface area (Å²) >= 11 is 0. The molecule has 0 aliphatic carbocycles. The second-order valence-electron chi connectivity index (χ2n) is 5.26. The molecule has 1 fully saturated rings. The molecule has 1 aromatic heterocycles. The van der Waals surface area contributed by atoms with Crippen LogP contribution in [0.25, 0.3) is 0 Å². The van der Waals surface area contributed by atoms with E-state index in [4.69, 9.17) is 4.74 Å². The topological polar surface area (TPSA) is 71.5 Å². The van der Waals surface area contributed by atoms with Crippen molar-refractivity contribution in [2.45, 2.75) is 11.4 Å². The minimum Gasteiger partial charge on any atom is -0.378 e. The largest absolute Gasteiger partial charge is 0.378 e. The first-order valence-electron chi connectivity index (χ1n) is 7.47. The number of rotatable bonds is 5. The van der Waals surface area contributed by atoms with Gasteiger partial charge in [-0.15, -0.1) is 0 Å². The molecular formula is C16H19N3O3S. The van der Waals surface area contributed by atoms with Crippen LogP contribution in [0.2, 0.25) is 0 Å². The van der Waals surface area contributed by atoms with Crippen LogP contribution in [0, 0.1) is 0 Å². The van der Waals surface area contributed by atoms with Crippen LogP contribution in [0.4, 0.5) is 5.82 Å². The first-order valence-corrected chi connectivity index (χ1v) is 8.96. The number of nitrogens with one attached hydrogen (secondary N) is 1. The monoisotopic (exact) mass is 333 g/mol. The number of pyridine rings is 1. The molecule has 1 aliphatic rings. The van der Waals surface area contributed by atoms with Crippen molar-refractivity contribution in [2.24, 2.45) is 0 Å². The molecule has 1 N–H and O–H groups in total. The lowest BCUT2D eigenvalue weighted by Crippen LogP contribution is -2.36. The van der Waals surface area contributed by atoms with E-state index in [0.717, 1.165) is 24.5 Å². The minimum atomic E-state index is -3.56. The van der Waals surface area contributed by atoms with E-state index < -0.39 is 10.0 Å². The van der Waals surface area contributed by atoms with E-state index in [9.17, 15) is 8.42 Å². The van der Waals surface area contributed by atoms with Crippen LogP contribution in [-0.4, -0.2) is 39.7 Å². The molecule has 0 radical (unpaired) electrons. The molecule has 1 aromatic carbocycles. The highest BCUT2D eigenvalue weighted by Gasteiger charge is 2.16. The Bertz CT molecular complexity index is 727. The molecule has 0 bridgehead atoms. The number of nitrogens with zero attached hydrogens (tertiary/aromatic N) is 2. The number of anilines is 1. The van der Waals surface area contributed by atoms with E-state index in [0.29, 0.717) is 13.2 Å². The van der Waals surface area contributed by atoms with E-state index in [-0.39, 0.29) is 11.4 Å². The fourth-order valence-electron chi connectivity index (χ4n) is 2.37. The van der Waals surface area contributed by atoms with Crippen molar-refractivity contribution in [3.05, 3.63) is 54.2 Å². The fraction of sp³-hybridized carbons (Fsp3) is 0.312. The molecule has 0 unspecified atom stereocenters. The van der Waals surface area contributed by atoms with Gasteiger partial charge in [0.25, 0.3) is 0 Å². The molecule has 6 nitrogen and oxygen atoms in total. The third-order valence-electron chi connectivity index (χ3n) is 3.68. The normalized spacial score (nSPS) is 15.6. The fourth-order valence-corrected chi connectivity index (χ4v) is 3.33. The lowest BCUT2D eigenvalue weighted by atomic mass is 10.2. The average Bonchev–Trinajstić information content (AvgIpc) is 2.62. The zero-order valence-corrected chi connectivity index (χ0v) is 13.5. The number of aromatic nitrogens is 1. The maximum atomic E-state index is 12.3. The van der Waals surface area contributed by atoms with Gasteiger partial charge in [-0.05, 0) is 17.7 Å². The van der Waals surface area contributed by atoms with Crippen LogP contribution in [0.5, 0.6) is 0 Å². The molecule has 2 heterocycles. The van der Waals surface area contributed by atoms with Gasteiger partial charge in [-0.3, -0.25) is 0 Å². The number of benzene rings is 1. The Morgan fingerprint density at radius 2 is 1.83 bits per heavy atom. The summed E-state index contributed by atoms with van der Waals surface area (Å²) in [7, 11) is -3.56. The highest BCUT2D eigenvalue weighted by atomic mass is 32.2. The van der Waals surface area contributed by atoms with Crippen molar-refractivity contribution in [1.29, 1.82) is 0 Å². The van der Waals surface area contributed by atoms with E-state index in [1.165, 1.54) is 6.20 Å². The Labute approximate surface area is 136 Å². The van der Waals surface area contributed by atoms with E-state index >= 15 is 0 Å². The predicted molar refractivity (Wildman–Crippen MR) is 87.7 cm³/mol. The second-order valence-corrected chi connectivity index (χ2v) is 7.03. The maximum absolute atomic E-state index is 12.3. The van der Waals surface area contributed by atoms with E-state index in [2.05, 4.69) is 14.6 Å². The molecular weight excluding hydrogens is 314 g/mol. The summed E-state index contributed by atoms with van der Waals surface area (Å²) in [6.07, 6.45) is 1.40. The first-order chi connectivity index (χ1) is 11.1. The highest BCUT2D eigenvalue weighted by molar-refractivity contribution is 7.89. The molecule has 1 saturated heterocycles. The maximum Gasteiger partial charge on any atom is 0.242 e. The summed E-state index contributed by atoms with van der Waals surface area (Å²) in [4.78, 5) is 6.53. The zero-order chi connectivity index (χ0) is 16.1. The summed E-state index contributed by atoms with van der Waals surface area (Å²) in [5.74, 6) is 0.773. The van der Waals surface area contributed by atoms with Gasteiger partial charge in [-0.25, -0.2) is 18.1 Å². The molecule has 122 valence electrons. The summed E-state index contributed by atoms with van der Waals surface area (Å²) in [6, 6.07) is 12.7. The highest BCUT2D eigenvalue weighted by Crippen LogP contribution is 2.16. The van der Waals surface area contributed by atoms with Crippen LogP contribution in [0.1, 0.15) is 5.56 Å². The van der Waals surface area contributed by atoms with Crippen molar-refractivity contribution < 1.29 is 13.2 Å². The van der Waals surface area contributed by atoms with Gasteiger partial charge in [0, 0.05) is 25.8 Å². The van der Waals surface area contributed by atoms with Gasteiger partial charge >= 0.3 is 0 Å². The van der Waals surface area contributed by atoms with E-state index in [1.54, 1.807) is 12.1 Å². The molecule has 0 amide bonds. The quantitative estimate of drug-likeness (QED) is 0.895. The first kappa shape index (κ1) is 15.9. The summed E-state index contributed by atoms with van der Waals surface area (Å²) in [6.45, 7) is 3.13.